The molecule has 0 saturated carbocycles. The molecule has 2 aromatic heterocycles. The molecule has 0 spiro atoms. The van der Waals surface area contributed by atoms with Gasteiger partial charge in [-0.05, 0) is 18.1 Å². The molecule has 0 saturated heterocycles. The maximum Gasteiger partial charge on any atom is 0.146 e. The van der Waals surface area contributed by atoms with Gasteiger partial charge >= 0.3 is 0 Å². The van der Waals surface area contributed by atoms with Gasteiger partial charge in [0.1, 0.15) is 11.4 Å². The number of nitrogens with zero attached hydrogens (tertiary/aromatic N) is 2. The van der Waals surface area contributed by atoms with Crippen molar-refractivity contribution in [3.63, 3.8) is 0 Å². The largest absolute Gasteiger partial charge is 0.505 e. The van der Waals surface area contributed by atoms with E-state index < -0.39 is 0 Å². The van der Waals surface area contributed by atoms with Gasteiger partial charge in [0.2, 0.25) is 0 Å². The van der Waals surface area contributed by atoms with Crippen LogP contribution in [0.1, 0.15) is 25.3 Å². The highest BCUT2D eigenvalue weighted by atomic mass is 16.3. The average molecular weight is 216 g/mol. The van der Waals surface area contributed by atoms with E-state index in [0.29, 0.717) is 11.7 Å². The molecule has 0 amide bonds. The zero-order valence-corrected chi connectivity index (χ0v) is 9.81. The number of aromatic nitrogens is 2. The second kappa shape index (κ2) is 4.00. The van der Waals surface area contributed by atoms with E-state index >= 15 is 0 Å². The fourth-order valence-electron chi connectivity index (χ4n) is 1.87. The molecule has 3 heteroatoms. The summed E-state index contributed by atoms with van der Waals surface area (Å²) in [6, 6.07) is 5.69. The molecule has 0 aliphatic carbocycles. The van der Waals surface area contributed by atoms with E-state index in [4.69, 9.17) is 0 Å². The molecule has 16 heavy (non-hydrogen) atoms. The summed E-state index contributed by atoms with van der Waals surface area (Å²) < 4.78 is 1.92. The highest BCUT2D eigenvalue weighted by Crippen LogP contribution is 2.36. The van der Waals surface area contributed by atoms with E-state index in [1.54, 1.807) is 6.20 Å². The fourth-order valence-corrected chi connectivity index (χ4v) is 1.87. The summed E-state index contributed by atoms with van der Waals surface area (Å²) in [7, 11) is 1.93. The highest BCUT2D eigenvalue weighted by molar-refractivity contribution is 5.66. The van der Waals surface area contributed by atoms with E-state index in [9.17, 15) is 5.11 Å². The third-order valence-electron chi connectivity index (χ3n) is 2.71. The summed E-state index contributed by atoms with van der Waals surface area (Å²) in [6.45, 7) is 4.13. The molecule has 3 nitrogen and oxygen atoms in total. The molecule has 0 unspecified atom stereocenters. The summed E-state index contributed by atoms with van der Waals surface area (Å²) in [5.74, 6) is 0.653. The van der Waals surface area contributed by atoms with E-state index in [0.717, 1.165) is 17.0 Å². The van der Waals surface area contributed by atoms with Crippen LogP contribution >= 0.6 is 0 Å². The first-order chi connectivity index (χ1) is 7.61. The lowest BCUT2D eigenvalue weighted by atomic mass is 10.1. The normalized spacial score (nSPS) is 11.0. The van der Waals surface area contributed by atoms with Crippen LogP contribution in [-0.4, -0.2) is 14.7 Å². The van der Waals surface area contributed by atoms with Gasteiger partial charge in [-0.25, -0.2) is 0 Å². The molecular weight excluding hydrogens is 200 g/mol. The Bertz CT molecular complexity index is 486. The van der Waals surface area contributed by atoms with E-state index in [2.05, 4.69) is 18.8 Å². The van der Waals surface area contributed by atoms with Crippen molar-refractivity contribution in [2.24, 2.45) is 7.05 Å². The predicted octanol–water partition coefficient (Wildman–Crippen LogP) is 2.92. The van der Waals surface area contributed by atoms with Crippen LogP contribution in [0, 0.1) is 0 Å². The van der Waals surface area contributed by atoms with Gasteiger partial charge in [-0.15, -0.1) is 0 Å². The van der Waals surface area contributed by atoms with Crippen molar-refractivity contribution in [1.82, 2.24) is 9.55 Å². The molecule has 0 aromatic carbocycles. The molecule has 1 N–H and O–H groups in total. The Morgan fingerprint density at radius 3 is 2.56 bits per heavy atom. The SMILES string of the molecule is CC(C)c1cn(C)c(-c2ccccn2)c1O. The van der Waals surface area contributed by atoms with Crippen molar-refractivity contribution in [3.8, 4) is 17.1 Å². The molecule has 0 bridgehead atoms. The summed E-state index contributed by atoms with van der Waals surface area (Å²) in [4.78, 5) is 4.26. The molecular formula is C13H16N2O. The van der Waals surface area contributed by atoms with Gasteiger partial charge in [0.15, 0.2) is 0 Å². The van der Waals surface area contributed by atoms with Crippen LogP contribution in [0.15, 0.2) is 30.6 Å². The number of hydrogen-bond acceptors (Lipinski definition) is 2. The highest BCUT2D eigenvalue weighted by Gasteiger charge is 2.17. The molecule has 0 radical (unpaired) electrons. The second-order valence-corrected chi connectivity index (χ2v) is 4.26. The standard InChI is InChI=1S/C13H16N2O/c1-9(2)10-8-15(3)12(13(10)16)11-6-4-5-7-14-11/h4-9,16H,1-3H3. The first-order valence-electron chi connectivity index (χ1n) is 5.41. The Hall–Kier alpha value is -1.77. The average Bonchev–Trinajstić information content (AvgIpc) is 2.56. The van der Waals surface area contributed by atoms with Crippen molar-refractivity contribution < 1.29 is 5.11 Å². The number of pyridine rings is 1. The summed E-state index contributed by atoms with van der Waals surface area (Å²) >= 11 is 0. The van der Waals surface area contributed by atoms with Crippen LogP contribution in [0.4, 0.5) is 0 Å². The van der Waals surface area contributed by atoms with Crippen LogP contribution in [-0.2, 0) is 7.05 Å². The molecule has 0 aliphatic heterocycles. The number of rotatable bonds is 2. The van der Waals surface area contributed by atoms with Crippen molar-refractivity contribution in [2.45, 2.75) is 19.8 Å². The van der Waals surface area contributed by atoms with Crippen LogP contribution in [0.5, 0.6) is 5.75 Å². The molecule has 0 fully saturated rings. The van der Waals surface area contributed by atoms with Gasteiger partial charge in [-0.1, -0.05) is 19.9 Å². The Labute approximate surface area is 95.4 Å². The van der Waals surface area contributed by atoms with Crippen LogP contribution < -0.4 is 0 Å². The van der Waals surface area contributed by atoms with Gasteiger partial charge in [0.25, 0.3) is 0 Å². The minimum absolute atomic E-state index is 0.309. The number of hydrogen-bond donors (Lipinski definition) is 1. The van der Waals surface area contributed by atoms with E-state index in [-0.39, 0.29) is 0 Å². The molecule has 0 atom stereocenters. The van der Waals surface area contributed by atoms with Crippen LogP contribution in [0.2, 0.25) is 0 Å². The Kier molecular flexibility index (Phi) is 2.69. The van der Waals surface area contributed by atoms with E-state index in [1.807, 2.05) is 36.0 Å². The van der Waals surface area contributed by atoms with Gasteiger partial charge in [-0.2, -0.15) is 0 Å². The van der Waals surface area contributed by atoms with Gasteiger partial charge in [0.05, 0.1) is 5.69 Å². The second-order valence-electron chi connectivity index (χ2n) is 4.26. The summed E-state index contributed by atoms with van der Waals surface area (Å²) in [5.41, 5.74) is 2.54. The van der Waals surface area contributed by atoms with Gasteiger partial charge in [0, 0.05) is 25.0 Å². The number of aryl methyl sites for hydroxylation is 1. The minimum atomic E-state index is 0.309. The lowest BCUT2D eigenvalue weighted by Gasteiger charge is -2.04. The van der Waals surface area contributed by atoms with Gasteiger partial charge < -0.3 is 9.67 Å². The third kappa shape index (κ3) is 1.69. The lowest BCUT2D eigenvalue weighted by molar-refractivity contribution is 0.468. The minimum Gasteiger partial charge on any atom is -0.505 e. The van der Waals surface area contributed by atoms with Crippen molar-refractivity contribution in [3.05, 3.63) is 36.2 Å². The maximum absolute atomic E-state index is 10.2. The molecule has 2 aromatic rings. The Morgan fingerprint density at radius 2 is 2.06 bits per heavy atom. The summed E-state index contributed by atoms with van der Waals surface area (Å²) in [5, 5.41) is 10.2. The molecule has 0 aliphatic rings. The number of aromatic hydroxyl groups is 1. The van der Waals surface area contributed by atoms with Crippen LogP contribution in [0.25, 0.3) is 11.4 Å². The first kappa shape index (κ1) is 10.7. The predicted molar refractivity (Wildman–Crippen MR) is 64.4 cm³/mol. The summed E-state index contributed by atoms with van der Waals surface area (Å²) in [6.07, 6.45) is 3.70. The van der Waals surface area contributed by atoms with E-state index in [1.165, 1.54) is 0 Å². The fraction of sp³-hybridized carbons (Fsp3) is 0.308. The monoisotopic (exact) mass is 216 g/mol. The molecule has 84 valence electrons. The topological polar surface area (TPSA) is 38.0 Å². The van der Waals surface area contributed by atoms with Crippen LogP contribution in [0.3, 0.4) is 0 Å². The quantitative estimate of drug-likeness (QED) is 0.838. The zero-order valence-electron chi connectivity index (χ0n) is 9.81. The maximum atomic E-state index is 10.2. The third-order valence-corrected chi connectivity index (χ3v) is 2.71. The Balaban J connectivity index is 2.58. The van der Waals surface area contributed by atoms with Crippen molar-refractivity contribution >= 4 is 0 Å². The smallest absolute Gasteiger partial charge is 0.146 e. The zero-order chi connectivity index (χ0) is 11.7. The van der Waals surface area contributed by atoms with Crippen molar-refractivity contribution in [2.75, 3.05) is 0 Å². The Morgan fingerprint density at radius 1 is 1.31 bits per heavy atom. The van der Waals surface area contributed by atoms with Crippen molar-refractivity contribution in [1.29, 1.82) is 0 Å². The molecule has 2 heterocycles. The van der Waals surface area contributed by atoms with Gasteiger partial charge in [-0.3, -0.25) is 4.98 Å². The molecule has 2 rings (SSSR count). The first-order valence-corrected chi connectivity index (χ1v) is 5.41. The lowest BCUT2D eigenvalue weighted by Crippen LogP contribution is -1.91.